The van der Waals surface area contributed by atoms with Gasteiger partial charge in [-0.3, -0.25) is 4.79 Å². The molecule has 1 aromatic carbocycles. The molecule has 1 aromatic rings. The Hall–Kier alpha value is -1.48. The fourth-order valence-electron chi connectivity index (χ4n) is 4.34. The van der Waals surface area contributed by atoms with Gasteiger partial charge in [0, 0.05) is 18.8 Å². The van der Waals surface area contributed by atoms with E-state index in [-0.39, 0.29) is 12.0 Å². The lowest BCUT2D eigenvalue weighted by Crippen LogP contribution is -2.13. The average molecular weight is 373 g/mol. The highest BCUT2D eigenvalue weighted by Gasteiger charge is 2.34. The van der Waals surface area contributed by atoms with Crippen molar-refractivity contribution >= 4 is 12.1 Å². The van der Waals surface area contributed by atoms with Gasteiger partial charge in [0.05, 0.1) is 6.10 Å². The Bertz CT molecular complexity index is 563. The summed E-state index contributed by atoms with van der Waals surface area (Å²) in [6.07, 6.45) is 12.3. The molecule has 3 heteroatoms. The van der Waals surface area contributed by atoms with Crippen LogP contribution in [0.25, 0.3) is 0 Å². The molecule has 0 heterocycles. The van der Waals surface area contributed by atoms with Gasteiger partial charge in [-0.25, -0.2) is 0 Å². The van der Waals surface area contributed by atoms with Gasteiger partial charge in [0.1, 0.15) is 12.1 Å². The molecule has 0 radical (unpaired) electrons. The van der Waals surface area contributed by atoms with E-state index in [0.29, 0.717) is 24.5 Å². The molecule has 1 aliphatic rings. The molecule has 1 aliphatic carbocycles. The third-order valence-corrected chi connectivity index (χ3v) is 6.02. The summed E-state index contributed by atoms with van der Waals surface area (Å²) < 4.78 is 0. The molecule has 2 rings (SSSR count). The minimum Gasteiger partial charge on any atom is -0.388 e. The molecule has 0 saturated heterocycles. The van der Waals surface area contributed by atoms with Crippen molar-refractivity contribution in [2.75, 3.05) is 0 Å². The maximum absolute atomic E-state index is 12.4. The molecule has 27 heavy (non-hydrogen) atoms. The summed E-state index contributed by atoms with van der Waals surface area (Å²) in [5, 5.41) is 10.3. The van der Waals surface area contributed by atoms with E-state index in [4.69, 9.17) is 0 Å². The molecule has 1 N–H and O–H groups in total. The normalized spacial score (nSPS) is 20.7. The molecule has 0 spiro atoms. The van der Waals surface area contributed by atoms with Gasteiger partial charge < -0.3 is 9.90 Å². The lowest BCUT2D eigenvalue weighted by atomic mass is 9.84. The molecule has 3 nitrogen and oxygen atoms in total. The van der Waals surface area contributed by atoms with E-state index >= 15 is 0 Å². The number of hydrogen-bond donors (Lipinski definition) is 1. The second kappa shape index (κ2) is 12.1. The second-order valence-electron chi connectivity index (χ2n) is 8.05. The van der Waals surface area contributed by atoms with Gasteiger partial charge in [-0.1, -0.05) is 69.7 Å². The third-order valence-electron chi connectivity index (χ3n) is 6.02. The topological polar surface area (TPSA) is 54.4 Å². The zero-order valence-corrected chi connectivity index (χ0v) is 16.9. The highest BCUT2D eigenvalue weighted by Crippen LogP contribution is 2.40. The van der Waals surface area contributed by atoms with Gasteiger partial charge in [-0.05, 0) is 42.7 Å². The number of aliphatic hydroxyl groups excluding tert-OH is 1. The third kappa shape index (κ3) is 6.88. The van der Waals surface area contributed by atoms with Gasteiger partial charge in [0.25, 0.3) is 0 Å². The number of aldehydes is 1. The first kappa shape index (κ1) is 21.8. The van der Waals surface area contributed by atoms with Gasteiger partial charge in [0.15, 0.2) is 0 Å². The van der Waals surface area contributed by atoms with Crippen LogP contribution in [0.2, 0.25) is 0 Å². The van der Waals surface area contributed by atoms with E-state index in [1.54, 1.807) is 0 Å². The zero-order valence-electron chi connectivity index (χ0n) is 16.9. The Labute approximate surface area is 164 Å². The second-order valence-corrected chi connectivity index (χ2v) is 8.05. The average Bonchev–Trinajstić information content (AvgIpc) is 3.05. The lowest BCUT2D eigenvalue weighted by Gasteiger charge is -2.20. The van der Waals surface area contributed by atoms with E-state index in [0.717, 1.165) is 69.6 Å². The van der Waals surface area contributed by atoms with E-state index in [9.17, 15) is 14.7 Å². The number of unbranched alkanes of at least 4 members (excludes halogenated alkanes) is 6. The van der Waals surface area contributed by atoms with Crippen LogP contribution < -0.4 is 0 Å². The van der Waals surface area contributed by atoms with Crippen LogP contribution in [0.5, 0.6) is 0 Å². The molecule has 0 bridgehead atoms. The number of benzene rings is 1. The Morgan fingerprint density at radius 3 is 2.52 bits per heavy atom. The van der Waals surface area contributed by atoms with Gasteiger partial charge >= 0.3 is 0 Å². The van der Waals surface area contributed by atoms with Crippen molar-refractivity contribution in [3.63, 3.8) is 0 Å². The number of Topliss-reactive ketones (excluding diaryl/α,β-unsaturated/α-hetero) is 1. The largest absolute Gasteiger partial charge is 0.388 e. The number of ketones is 1. The molecule has 0 unspecified atom stereocenters. The van der Waals surface area contributed by atoms with Crippen molar-refractivity contribution in [2.45, 2.75) is 96.0 Å². The van der Waals surface area contributed by atoms with Crippen LogP contribution in [-0.4, -0.2) is 17.2 Å². The summed E-state index contributed by atoms with van der Waals surface area (Å²) in [7, 11) is 0. The van der Waals surface area contributed by atoms with Crippen molar-refractivity contribution in [3.8, 4) is 0 Å². The number of rotatable bonds is 13. The first-order valence-electron chi connectivity index (χ1n) is 10.9. The quantitative estimate of drug-likeness (QED) is 0.346. The van der Waals surface area contributed by atoms with Gasteiger partial charge in [-0.2, -0.15) is 0 Å². The highest BCUT2D eigenvalue weighted by molar-refractivity contribution is 5.84. The highest BCUT2D eigenvalue weighted by atomic mass is 16.3. The molecule has 0 aromatic heterocycles. The van der Waals surface area contributed by atoms with Crippen LogP contribution >= 0.6 is 0 Å². The van der Waals surface area contributed by atoms with Crippen LogP contribution in [0.4, 0.5) is 0 Å². The maximum Gasteiger partial charge on any atom is 0.136 e. The monoisotopic (exact) mass is 372 g/mol. The van der Waals surface area contributed by atoms with Crippen LogP contribution in [0.15, 0.2) is 24.3 Å². The van der Waals surface area contributed by atoms with Crippen LogP contribution in [0, 0.1) is 5.92 Å². The zero-order chi connectivity index (χ0) is 19.5. The summed E-state index contributed by atoms with van der Waals surface area (Å²) in [5.74, 6) is 0.895. The van der Waals surface area contributed by atoms with Crippen LogP contribution in [-0.2, 0) is 9.59 Å². The van der Waals surface area contributed by atoms with Crippen molar-refractivity contribution in [3.05, 3.63) is 35.4 Å². The minimum absolute atomic E-state index is 0.149. The molecule has 0 aliphatic heterocycles. The van der Waals surface area contributed by atoms with E-state index in [2.05, 4.69) is 19.1 Å². The van der Waals surface area contributed by atoms with Crippen molar-refractivity contribution < 1.29 is 14.7 Å². The standard InChI is InChI=1S/C24H36O3/c1-2-3-7-11-23(26)20-14-12-19(13-15-20)21-16-17-24(27)22(21)10-8-5-4-6-9-18-25/h12-15,18,21-23,26H,2-11,16-17H2,1H3/t21-,22+,23-/m0/s1. The summed E-state index contributed by atoms with van der Waals surface area (Å²) in [6, 6.07) is 8.34. The molecule has 1 saturated carbocycles. The first-order chi connectivity index (χ1) is 13.2. The molecule has 150 valence electrons. The Morgan fingerprint density at radius 1 is 1.07 bits per heavy atom. The molecule has 1 fully saturated rings. The van der Waals surface area contributed by atoms with Crippen LogP contribution in [0.1, 0.15) is 107 Å². The SMILES string of the molecule is CCCCC[C@H](O)c1ccc([C@@H]2CCC(=O)[C@@H]2CCCCCCC=O)cc1. The smallest absolute Gasteiger partial charge is 0.136 e. The number of hydrogen-bond acceptors (Lipinski definition) is 3. The Kier molecular flexibility index (Phi) is 9.75. The van der Waals surface area contributed by atoms with E-state index < -0.39 is 0 Å². The molecular formula is C24H36O3. The van der Waals surface area contributed by atoms with Crippen molar-refractivity contribution in [1.29, 1.82) is 0 Å². The Balaban J connectivity index is 1.87. The summed E-state index contributed by atoms with van der Waals surface area (Å²) in [6.45, 7) is 2.17. The molecular weight excluding hydrogens is 336 g/mol. The maximum atomic E-state index is 12.4. The van der Waals surface area contributed by atoms with E-state index in [1.807, 2.05) is 12.1 Å². The number of carbonyl (C=O) groups is 2. The van der Waals surface area contributed by atoms with Gasteiger partial charge in [-0.15, -0.1) is 0 Å². The predicted octanol–water partition coefficient (Wildman–Crippen LogP) is 5.90. The summed E-state index contributed by atoms with van der Waals surface area (Å²) in [4.78, 5) is 22.7. The predicted molar refractivity (Wildman–Crippen MR) is 110 cm³/mol. The van der Waals surface area contributed by atoms with Crippen molar-refractivity contribution in [2.24, 2.45) is 5.92 Å². The molecule has 0 amide bonds. The number of aliphatic hydroxyl groups is 1. The first-order valence-corrected chi connectivity index (χ1v) is 10.9. The van der Waals surface area contributed by atoms with Gasteiger partial charge in [0.2, 0.25) is 0 Å². The number of carbonyl (C=O) groups excluding carboxylic acids is 2. The van der Waals surface area contributed by atoms with Crippen LogP contribution in [0.3, 0.4) is 0 Å². The fourth-order valence-corrected chi connectivity index (χ4v) is 4.34. The minimum atomic E-state index is -0.377. The van der Waals surface area contributed by atoms with Crippen molar-refractivity contribution in [1.82, 2.24) is 0 Å². The Morgan fingerprint density at radius 2 is 1.81 bits per heavy atom. The lowest BCUT2D eigenvalue weighted by molar-refractivity contribution is -0.121. The summed E-state index contributed by atoms with van der Waals surface area (Å²) >= 11 is 0. The fraction of sp³-hybridized carbons (Fsp3) is 0.667. The van der Waals surface area contributed by atoms with E-state index in [1.165, 1.54) is 12.0 Å². The summed E-state index contributed by atoms with van der Waals surface area (Å²) in [5.41, 5.74) is 2.24. The molecule has 3 atom stereocenters.